The van der Waals surface area contributed by atoms with Crippen LogP contribution in [0.15, 0.2) is 192 Å². The lowest BCUT2D eigenvalue weighted by atomic mass is 9.92. The minimum atomic E-state index is 0.607. The lowest BCUT2D eigenvalue weighted by molar-refractivity contribution is 0.669. The second kappa shape index (κ2) is 12.4. The maximum atomic E-state index is 6.67. The molecule has 0 atom stereocenters. The number of nitrogens with zero attached hydrogens (tertiary/aromatic N) is 3. The molecule has 4 heteroatoms. The molecule has 0 fully saturated rings. The summed E-state index contributed by atoms with van der Waals surface area (Å²) < 4.78 is 6.67. The molecule has 0 bridgehead atoms. The Morgan fingerprint density at radius 3 is 1.60 bits per heavy atom. The quantitative estimate of drug-likeness (QED) is 0.170. The third kappa shape index (κ3) is 5.04. The van der Waals surface area contributed by atoms with Crippen molar-refractivity contribution >= 4 is 75.8 Å². The highest BCUT2D eigenvalue weighted by molar-refractivity contribution is 6.24. The third-order valence-electron chi connectivity index (χ3n) is 11.5. The van der Waals surface area contributed by atoms with Gasteiger partial charge in [0.1, 0.15) is 11.2 Å². The number of aromatic nitrogens is 3. The molecule has 0 saturated carbocycles. The molecule has 2 aromatic heterocycles. The summed E-state index contributed by atoms with van der Waals surface area (Å²) in [6, 6.07) is 66.3. The Bertz CT molecular complexity index is 3580. The van der Waals surface area contributed by atoms with Gasteiger partial charge in [-0.2, -0.15) is 0 Å². The zero-order chi connectivity index (χ0) is 37.5. The SMILES string of the molecule is c1ccc(-c2nc(-c3ccc4ccc5ccc6ccccc6c5c4c3)nc(-c3ccc4oc5cc(-c6cccc7ccccc67)c6ccccc6c5c4c3)n2)cc1. The Kier molecular flexibility index (Phi) is 6.89. The van der Waals surface area contributed by atoms with Crippen molar-refractivity contribution in [3.05, 3.63) is 188 Å². The monoisotopic (exact) mass is 725 g/mol. The van der Waals surface area contributed by atoms with E-state index < -0.39 is 0 Å². The third-order valence-corrected chi connectivity index (χ3v) is 11.5. The van der Waals surface area contributed by atoms with Crippen LogP contribution in [0.1, 0.15) is 0 Å². The Morgan fingerprint density at radius 1 is 0.281 bits per heavy atom. The van der Waals surface area contributed by atoms with Crippen molar-refractivity contribution in [3.63, 3.8) is 0 Å². The molecule has 57 heavy (non-hydrogen) atoms. The van der Waals surface area contributed by atoms with Crippen molar-refractivity contribution < 1.29 is 4.42 Å². The molecule has 0 aliphatic rings. The first kappa shape index (κ1) is 31.6. The highest BCUT2D eigenvalue weighted by Crippen LogP contribution is 2.43. The van der Waals surface area contributed by atoms with E-state index in [4.69, 9.17) is 19.4 Å². The van der Waals surface area contributed by atoms with Gasteiger partial charge in [0, 0.05) is 27.5 Å². The number of rotatable bonds is 4. The molecule has 12 aromatic rings. The summed E-state index contributed by atoms with van der Waals surface area (Å²) in [7, 11) is 0. The molecule has 0 unspecified atom stereocenters. The van der Waals surface area contributed by atoms with Crippen LogP contribution in [0.2, 0.25) is 0 Å². The molecule has 0 spiro atoms. The van der Waals surface area contributed by atoms with E-state index in [1.165, 1.54) is 54.0 Å². The molecular formula is C53H31N3O. The molecule has 0 aliphatic carbocycles. The lowest BCUT2D eigenvalue weighted by Gasteiger charge is -2.12. The van der Waals surface area contributed by atoms with Crippen molar-refractivity contribution in [2.45, 2.75) is 0 Å². The summed E-state index contributed by atoms with van der Waals surface area (Å²) >= 11 is 0. The standard InChI is InChI=1S/C53H31N3O/c1-2-13-36(14-3-1)51-54-52(37-26-23-34-22-25-35-24-21-33-12-5-7-17-40(33)49(35)44(34)29-37)56-53(55-51)38-27-28-47-46(30-38)50-43-19-9-8-18-42(43)45(31-48(50)57-47)41-20-10-15-32-11-4-6-16-39(32)41/h1-31H. The minimum absolute atomic E-state index is 0.607. The molecule has 0 saturated heterocycles. The van der Waals surface area contributed by atoms with Gasteiger partial charge in [-0.05, 0) is 95.3 Å². The summed E-state index contributed by atoms with van der Waals surface area (Å²) in [5.41, 5.74) is 6.77. The Balaban J connectivity index is 1.07. The topological polar surface area (TPSA) is 51.8 Å². The smallest absolute Gasteiger partial charge is 0.164 e. The molecule has 10 aromatic carbocycles. The van der Waals surface area contributed by atoms with Crippen LogP contribution >= 0.6 is 0 Å². The fourth-order valence-electron chi connectivity index (χ4n) is 8.78. The first-order valence-corrected chi connectivity index (χ1v) is 19.3. The minimum Gasteiger partial charge on any atom is -0.456 e. The van der Waals surface area contributed by atoms with Crippen LogP contribution in [0.25, 0.3) is 121 Å². The summed E-state index contributed by atoms with van der Waals surface area (Å²) in [6.07, 6.45) is 0. The van der Waals surface area contributed by atoms with Gasteiger partial charge in [0.2, 0.25) is 0 Å². The van der Waals surface area contributed by atoms with Crippen molar-refractivity contribution in [2.24, 2.45) is 0 Å². The predicted molar refractivity (Wildman–Crippen MR) is 236 cm³/mol. The molecule has 0 radical (unpaired) electrons. The highest BCUT2D eigenvalue weighted by atomic mass is 16.3. The van der Waals surface area contributed by atoms with Crippen molar-refractivity contribution in [1.82, 2.24) is 15.0 Å². The van der Waals surface area contributed by atoms with Crippen molar-refractivity contribution in [2.75, 3.05) is 0 Å². The number of furan rings is 1. The Morgan fingerprint density at radius 2 is 0.825 bits per heavy atom. The van der Waals surface area contributed by atoms with Crippen molar-refractivity contribution in [3.8, 4) is 45.3 Å². The Labute approximate surface area is 327 Å². The Hall–Kier alpha value is -7.69. The predicted octanol–water partition coefficient (Wildman–Crippen LogP) is 14.2. The van der Waals surface area contributed by atoms with Crippen LogP contribution in [0.3, 0.4) is 0 Å². The number of hydrogen-bond acceptors (Lipinski definition) is 4. The fraction of sp³-hybridized carbons (Fsp3) is 0. The average Bonchev–Trinajstić information content (AvgIpc) is 3.66. The highest BCUT2D eigenvalue weighted by Gasteiger charge is 2.19. The van der Waals surface area contributed by atoms with E-state index >= 15 is 0 Å². The van der Waals surface area contributed by atoms with Crippen LogP contribution in [0.5, 0.6) is 0 Å². The maximum Gasteiger partial charge on any atom is 0.164 e. The van der Waals surface area contributed by atoms with Gasteiger partial charge in [0.15, 0.2) is 17.5 Å². The molecule has 4 nitrogen and oxygen atoms in total. The summed E-state index contributed by atoms with van der Waals surface area (Å²) in [4.78, 5) is 15.4. The molecule has 0 amide bonds. The van der Waals surface area contributed by atoms with E-state index in [0.717, 1.165) is 49.6 Å². The number of fused-ring (bicyclic) bond motifs is 11. The molecular weight excluding hydrogens is 695 g/mol. The summed E-state index contributed by atoms with van der Waals surface area (Å²) in [5, 5.41) is 14.1. The van der Waals surface area contributed by atoms with Crippen LogP contribution in [0, 0.1) is 0 Å². The molecule has 264 valence electrons. The van der Waals surface area contributed by atoms with Crippen LogP contribution in [0.4, 0.5) is 0 Å². The zero-order valence-electron chi connectivity index (χ0n) is 30.6. The van der Waals surface area contributed by atoms with Gasteiger partial charge >= 0.3 is 0 Å². The van der Waals surface area contributed by atoms with Gasteiger partial charge in [0.25, 0.3) is 0 Å². The van der Waals surface area contributed by atoms with Gasteiger partial charge in [0.05, 0.1) is 0 Å². The molecule has 0 N–H and O–H groups in total. The van der Waals surface area contributed by atoms with Gasteiger partial charge < -0.3 is 4.42 Å². The van der Waals surface area contributed by atoms with Crippen molar-refractivity contribution in [1.29, 1.82) is 0 Å². The largest absolute Gasteiger partial charge is 0.456 e. The van der Waals surface area contributed by atoms with E-state index in [1.54, 1.807) is 0 Å². The lowest BCUT2D eigenvalue weighted by Crippen LogP contribution is -2.00. The second-order valence-electron chi connectivity index (χ2n) is 14.7. The first-order valence-electron chi connectivity index (χ1n) is 19.3. The normalized spacial score (nSPS) is 11.9. The van der Waals surface area contributed by atoms with E-state index in [0.29, 0.717) is 17.5 Å². The van der Waals surface area contributed by atoms with Gasteiger partial charge in [-0.1, -0.05) is 158 Å². The van der Waals surface area contributed by atoms with E-state index in [1.807, 2.05) is 18.2 Å². The van der Waals surface area contributed by atoms with Crippen LogP contribution in [-0.2, 0) is 0 Å². The zero-order valence-corrected chi connectivity index (χ0v) is 30.6. The van der Waals surface area contributed by atoms with Crippen LogP contribution < -0.4 is 0 Å². The second-order valence-corrected chi connectivity index (χ2v) is 14.7. The van der Waals surface area contributed by atoms with Gasteiger partial charge in [-0.3, -0.25) is 0 Å². The fourth-order valence-corrected chi connectivity index (χ4v) is 8.78. The molecule has 12 rings (SSSR count). The summed E-state index contributed by atoms with van der Waals surface area (Å²) in [6.45, 7) is 0. The molecule has 2 heterocycles. The number of hydrogen-bond donors (Lipinski definition) is 0. The van der Waals surface area contributed by atoms with E-state index in [-0.39, 0.29) is 0 Å². The number of benzene rings is 10. The van der Waals surface area contributed by atoms with Crippen LogP contribution in [-0.4, -0.2) is 15.0 Å². The summed E-state index contributed by atoms with van der Waals surface area (Å²) in [5.74, 6) is 1.86. The van der Waals surface area contributed by atoms with Gasteiger partial charge in [-0.15, -0.1) is 0 Å². The van der Waals surface area contributed by atoms with Gasteiger partial charge in [-0.25, -0.2) is 15.0 Å². The van der Waals surface area contributed by atoms with E-state index in [2.05, 4.69) is 170 Å². The molecule has 0 aliphatic heterocycles. The van der Waals surface area contributed by atoms with E-state index in [9.17, 15) is 0 Å². The average molecular weight is 726 g/mol. The maximum absolute atomic E-state index is 6.67. The first-order chi connectivity index (χ1) is 28.2.